The van der Waals surface area contributed by atoms with E-state index in [1.165, 1.54) is 14.2 Å². The van der Waals surface area contributed by atoms with E-state index in [1.54, 1.807) is 0 Å². The van der Waals surface area contributed by atoms with Gasteiger partial charge in [-0.05, 0) is 93.5 Å². The van der Waals surface area contributed by atoms with Gasteiger partial charge in [0.25, 0.3) is 0 Å². The number of benzene rings is 2. The molecular weight excluding hydrogens is 763 g/mol. The molecule has 4 aliphatic rings. The SMILES string of the molecule is COC(=O)N[C@H](C(=O)N1CCC[C@H]1c1ncc(-c2ccc3nc(-c4ccc5nc([C@@H]6CCCN6C(=O)[C@@H](NC(=O)OC)C6CCCC6)[nH]c5c4)ccc3c2)[nH]1)C1CCCC1. The Morgan fingerprint density at radius 2 is 1.23 bits per heavy atom. The number of aromatic nitrogens is 5. The molecule has 0 unspecified atom stereocenters. The van der Waals surface area contributed by atoms with Crippen LogP contribution in [0.1, 0.15) is 101 Å². The lowest BCUT2D eigenvalue weighted by atomic mass is 9.96. The van der Waals surface area contributed by atoms with Crippen molar-refractivity contribution in [2.24, 2.45) is 11.8 Å². The number of methoxy groups -OCH3 is 2. The Hall–Kier alpha value is -5.99. The standard InChI is InChI=1S/C45H53N9O6/c1-59-44(57)51-38(26-9-3-4-10-26)42(55)53-21-7-13-36(53)40-46-25-35(50-40)29-16-19-31-28(23-29)15-18-32(47-31)30-17-20-33-34(24-30)49-41(48-33)37-14-8-22-54(37)43(56)39(52-45(58)60-2)27-11-5-6-12-27/h15-20,23-27,36-39H,3-14,21-22H2,1-2H3,(H,46,50)(H,48,49)(H,51,57)(H,52,58)/t36-,37-,38-,39-/m0/s1. The topological polar surface area (TPSA) is 188 Å². The molecule has 15 nitrogen and oxygen atoms in total. The molecule has 2 saturated heterocycles. The van der Waals surface area contributed by atoms with Crippen molar-refractivity contribution in [2.45, 2.75) is 101 Å². The molecule has 0 bridgehead atoms. The zero-order valence-electron chi connectivity index (χ0n) is 34.2. The van der Waals surface area contributed by atoms with E-state index in [4.69, 9.17) is 24.4 Å². The molecule has 5 heterocycles. The highest BCUT2D eigenvalue weighted by Crippen LogP contribution is 2.38. The molecule has 0 spiro atoms. The first kappa shape index (κ1) is 39.5. The molecule has 2 saturated carbocycles. The van der Waals surface area contributed by atoms with Crippen molar-refractivity contribution in [1.82, 2.24) is 45.4 Å². The van der Waals surface area contributed by atoms with E-state index in [0.717, 1.165) is 133 Å². The van der Waals surface area contributed by atoms with E-state index in [2.05, 4.69) is 38.8 Å². The van der Waals surface area contributed by atoms with Gasteiger partial charge in [0.05, 0.1) is 60.4 Å². The van der Waals surface area contributed by atoms with Gasteiger partial charge in [0.1, 0.15) is 23.7 Å². The van der Waals surface area contributed by atoms with E-state index in [-0.39, 0.29) is 35.7 Å². The maximum Gasteiger partial charge on any atom is 0.407 e. The first-order valence-corrected chi connectivity index (χ1v) is 21.5. The summed E-state index contributed by atoms with van der Waals surface area (Å²) in [4.78, 5) is 77.9. The lowest BCUT2D eigenvalue weighted by molar-refractivity contribution is -0.136. The van der Waals surface area contributed by atoms with Gasteiger partial charge in [-0.15, -0.1) is 0 Å². The van der Waals surface area contributed by atoms with Crippen LogP contribution in [0.5, 0.6) is 0 Å². The molecule has 2 aliphatic heterocycles. The average molecular weight is 816 g/mol. The Morgan fingerprint density at radius 3 is 1.85 bits per heavy atom. The van der Waals surface area contributed by atoms with Crippen LogP contribution < -0.4 is 10.6 Å². The quantitative estimate of drug-likeness (QED) is 0.112. The summed E-state index contributed by atoms with van der Waals surface area (Å²) in [5.74, 6) is 1.54. The number of amides is 4. The Kier molecular flexibility index (Phi) is 11.1. The van der Waals surface area contributed by atoms with Gasteiger partial charge in [-0.1, -0.05) is 43.9 Å². The number of nitrogens with zero attached hydrogens (tertiary/aromatic N) is 5. The second kappa shape index (κ2) is 16.9. The molecule has 4 atom stereocenters. The van der Waals surface area contributed by atoms with Crippen LogP contribution in [-0.4, -0.2) is 98.1 Å². The zero-order valence-corrected chi connectivity index (χ0v) is 34.2. The summed E-state index contributed by atoms with van der Waals surface area (Å²) in [6, 6.07) is 14.7. The normalized spacial score (nSPS) is 20.8. The minimum absolute atomic E-state index is 0.0706. The van der Waals surface area contributed by atoms with Crippen molar-refractivity contribution < 1.29 is 28.7 Å². The molecule has 4 amide bonds. The minimum atomic E-state index is -0.609. The molecule has 314 valence electrons. The van der Waals surface area contributed by atoms with E-state index < -0.39 is 24.3 Å². The van der Waals surface area contributed by atoms with Crippen molar-refractivity contribution >= 4 is 45.9 Å². The molecule has 2 aromatic carbocycles. The highest BCUT2D eigenvalue weighted by Gasteiger charge is 2.42. The van der Waals surface area contributed by atoms with Crippen LogP contribution in [-0.2, 0) is 19.1 Å². The van der Waals surface area contributed by atoms with Gasteiger partial charge in [0.2, 0.25) is 11.8 Å². The molecule has 4 N–H and O–H groups in total. The zero-order chi connectivity index (χ0) is 41.3. The Labute approximate surface area is 348 Å². The number of ether oxygens (including phenoxy) is 2. The van der Waals surface area contributed by atoms with Crippen molar-refractivity contribution in [3.63, 3.8) is 0 Å². The molecule has 15 heteroatoms. The first-order valence-electron chi connectivity index (χ1n) is 21.5. The fourth-order valence-electron chi connectivity index (χ4n) is 10.2. The summed E-state index contributed by atoms with van der Waals surface area (Å²) in [5.41, 5.74) is 6.11. The minimum Gasteiger partial charge on any atom is -0.453 e. The molecule has 9 rings (SSSR count). The molecular formula is C45H53N9O6. The number of carbonyl (C=O) groups excluding carboxylic acids is 4. The molecule has 0 radical (unpaired) electrons. The lowest BCUT2D eigenvalue weighted by Gasteiger charge is -2.31. The van der Waals surface area contributed by atoms with Crippen molar-refractivity contribution in [3.8, 4) is 22.5 Å². The number of imidazole rings is 2. The van der Waals surface area contributed by atoms with Crippen molar-refractivity contribution in [1.29, 1.82) is 0 Å². The van der Waals surface area contributed by atoms with E-state index in [0.29, 0.717) is 13.1 Å². The van der Waals surface area contributed by atoms with Crippen molar-refractivity contribution in [2.75, 3.05) is 27.3 Å². The highest BCUT2D eigenvalue weighted by molar-refractivity contribution is 5.89. The number of H-pyrrole nitrogens is 2. The van der Waals surface area contributed by atoms with Crippen LogP contribution in [0.2, 0.25) is 0 Å². The molecule has 60 heavy (non-hydrogen) atoms. The van der Waals surface area contributed by atoms with Gasteiger partial charge in [-0.3, -0.25) is 9.59 Å². The number of hydrogen-bond acceptors (Lipinski definition) is 9. The third kappa shape index (κ3) is 7.77. The number of carbonyl (C=O) groups is 4. The second-order valence-corrected chi connectivity index (χ2v) is 16.8. The fraction of sp³-hybridized carbons (Fsp3) is 0.489. The third-order valence-electron chi connectivity index (χ3n) is 13.3. The molecule has 3 aromatic heterocycles. The van der Waals surface area contributed by atoms with Gasteiger partial charge in [0.15, 0.2) is 0 Å². The Bertz CT molecular complexity index is 2400. The summed E-state index contributed by atoms with van der Waals surface area (Å²) in [7, 11) is 2.65. The van der Waals surface area contributed by atoms with Crippen LogP contribution in [0, 0.1) is 11.8 Å². The summed E-state index contributed by atoms with van der Waals surface area (Å²) in [5, 5.41) is 6.67. The summed E-state index contributed by atoms with van der Waals surface area (Å²) >= 11 is 0. The highest BCUT2D eigenvalue weighted by atomic mass is 16.5. The van der Waals surface area contributed by atoms with E-state index in [9.17, 15) is 19.2 Å². The van der Waals surface area contributed by atoms with Gasteiger partial charge in [0, 0.05) is 29.6 Å². The molecule has 5 aromatic rings. The number of fused-ring (bicyclic) bond motifs is 2. The molecule has 4 fully saturated rings. The summed E-state index contributed by atoms with van der Waals surface area (Å²) in [6.07, 6.45) is 11.8. The van der Waals surface area contributed by atoms with Gasteiger partial charge in [-0.25, -0.2) is 24.5 Å². The maximum absolute atomic E-state index is 14.0. The first-order chi connectivity index (χ1) is 29.3. The number of pyridine rings is 1. The predicted molar refractivity (Wildman–Crippen MR) is 224 cm³/mol. The second-order valence-electron chi connectivity index (χ2n) is 16.8. The fourth-order valence-corrected chi connectivity index (χ4v) is 10.2. The van der Waals surface area contributed by atoms with Crippen molar-refractivity contribution in [3.05, 3.63) is 66.4 Å². The number of hydrogen-bond donors (Lipinski definition) is 4. The number of likely N-dealkylation sites (tertiary alicyclic amines) is 2. The van der Waals surface area contributed by atoms with Gasteiger partial charge in [-0.2, -0.15) is 0 Å². The average Bonchev–Trinajstić information content (AvgIpc) is 4.12. The van der Waals surface area contributed by atoms with Crippen LogP contribution in [0.25, 0.3) is 44.5 Å². The summed E-state index contributed by atoms with van der Waals surface area (Å²) in [6.45, 7) is 1.23. The van der Waals surface area contributed by atoms with Gasteiger partial charge < -0.3 is 39.9 Å². The van der Waals surface area contributed by atoms with Crippen LogP contribution >= 0.6 is 0 Å². The number of nitrogens with one attached hydrogen (secondary N) is 4. The summed E-state index contributed by atoms with van der Waals surface area (Å²) < 4.78 is 9.76. The van der Waals surface area contributed by atoms with Crippen LogP contribution in [0.3, 0.4) is 0 Å². The lowest BCUT2D eigenvalue weighted by Crippen LogP contribution is -2.51. The predicted octanol–water partition coefficient (Wildman–Crippen LogP) is 7.32. The monoisotopic (exact) mass is 815 g/mol. The molecule has 2 aliphatic carbocycles. The Balaban J connectivity index is 0.903. The number of rotatable bonds is 10. The Morgan fingerprint density at radius 1 is 0.650 bits per heavy atom. The smallest absolute Gasteiger partial charge is 0.407 e. The van der Waals surface area contributed by atoms with Crippen LogP contribution in [0.15, 0.2) is 54.7 Å². The number of aromatic amines is 2. The number of alkyl carbamates (subject to hydrolysis) is 2. The van der Waals surface area contributed by atoms with E-state index in [1.807, 2.05) is 46.3 Å². The van der Waals surface area contributed by atoms with Crippen LogP contribution in [0.4, 0.5) is 9.59 Å². The third-order valence-corrected chi connectivity index (χ3v) is 13.3. The van der Waals surface area contributed by atoms with E-state index >= 15 is 0 Å². The maximum atomic E-state index is 14.0. The largest absolute Gasteiger partial charge is 0.453 e. The van der Waals surface area contributed by atoms with Gasteiger partial charge >= 0.3 is 12.2 Å².